The number of amides is 1. The smallest absolute Gasteiger partial charge is 0.253 e. The molecule has 2 aromatic carbocycles. The zero-order chi connectivity index (χ0) is 19.8. The van der Waals surface area contributed by atoms with E-state index in [4.69, 9.17) is 5.26 Å². The van der Waals surface area contributed by atoms with Gasteiger partial charge in [0.05, 0.1) is 17.3 Å². The number of carbonyl (C=O) groups is 1. The number of nitrogens with zero attached hydrogens (tertiary/aromatic N) is 3. The second kappa shape index (κ2) is 6.93. The molecule has 3 aromatic rings. The first-order valence-electron chi connectivity index (χ1n) is 9.08. The number of benzene rings is 2. The lowest BCUT2D eigenvalue weighted by Gasteiger charge is -2.39. The van der Waals surface area contributed by atoms with Gasteiger partial charge in [-0.2, -0.15) is 5.26 Å². The number of halogens is 1. The van der Waals surface area contributed by atoms with Crippen molar-refractivity contribution in [3.8, 4) is 17.3 Å². The largest absolute Gasteiger partial charge is 0.346 e. The van der Waals surface area contributed by atoms with Gasteiger partial charge in [-0.1, -0.05) is 12.1 Å². The Balaban J connectivity index is 1.51. The fourth-order valence-corrected chi connectivity index (χ4v) is 3.58. The maximum Gasteiger partial charge on any atom is 0.253 e. The van der Waals surface area contributed by atoms with E-state index in [2.05, 4.69) is 16.0 Å². The predicted molar refractivity (Wildman–Crippen MR) is 103 cm³/mol. The summed E-state index contributed by atoms with van der Waals surface area (Å²) >= 11 is 0. The molecule has 6 heteroatoms. The van der Waals surface area contributed by atoms with Gasteiger partial charge in [0.1, 0.15) is 11.6 Å². The molecule has 1 aromatic heterocycles. The monoisotopic (exact) mass is 374 g/mol. The van der Waals surface area contributed by atoms with E-state index in [0.717, 1.165) is 11.3 Å². The highest BCUT2D eigenvalue weighted by molar-refractivity contribution is 5.96. The lowest BCUT2D eigenvalue weighted by molar-refractivity contribution is 0.0602. The molecule has 4 rings (SSSR count). The van der Waals surface area contributed by atoms with Gasteiger partial charge in [0.15, 0.2) is 0 Å². The zero-order valence-corrected chi connectivity index (χ0v) is 15.7. The molecule has 0 unspecified atom stereocenters. The van der Waals surface area contributed by atoms with Gasteiger partial charge in [-0.05, 0) is 49.7 Å². The summed E-state index contributed by atoms with van der Waals surface area (Å²) in [6.45, 7) is 4.86. The van der Waals surface area contributed by atoms with Crippen molar-refractivity contribution in [3.05, 3.63) is 76.5 Å². The summed E-state index contributed by atoms with van der Waals surface area (Å²) in [5.41, 5.74) is 3.82. The Kier molecular flexibility index (Phi) is 4.44. The SMILES string of the molecule is Cc1nc(-c2cc(C(=O)N3CC(c4ccc(C#N)cc4)C3)ccc2F)c(C)[nH]1. The number of nitriles is 1. The number of aryl methyl sites for hydroxylation is 2. The third kappa shape index (κ3) is 3.16. The summed E-state index contributed by atoms with van der Waals surface area (Å²) in [5.74, 6) is 0.450. The van der Waals surface area contributed by atoms with Crippen LogP contribution in [0.4, 0.5) is 4.39 Å². The number of likely N-dealkylation sites (tertiary alicyclic amines) is 1. The second-order valence-electron chi connectivity index (χ2n) is 7.13. The van der Waals surface area contributed by atoms with Gasteiger partial charge in [0, 0.05) is 35.8 Å². The standard InChI is InChI=1S/C22H19FN4O/c1-13-21(26-14(2)25-13)19-9-17(7-8-20(19)23)22(28)27-11-18(12-27)16-5-3-15(10-24)4-6-16/h3-9,18H,11-12H2,1-2H3,(H,25,26). The van der Waals surface area contributed by atoms with Gasteiger partial charge in [-0.25, -0.2) is 9.37 Å². The van der Waals surface area contributed by atoms with E-state index in [-0.39, 0.29) is 11.8 Å². The third-order valence-corrected chi connectivity index (χ3v) is 5.15. The van der Waals surface area contributed by atoms with Gasteiger partial charge in [-0.15, -0.1) is 0 Å². The van der Waals surface area contributed by atoms with Crippen LogP contribution >= 0.6 is 0 Å². The van der Waals surface area contributed by atoms with Gasteiger partial charge in [0.2, 0.25) is 0 Å². The number of hydrogen-bond acceptors (Lipinski definition) is 3. The number of aromatic nitrogens is 2. The molecular weight excluding hydrogens is 355 g/mol. The molecule has 0 atom stereocenters. The van der Waals surface area contributed by atoms with E-state index in [1.807, 2.05) is 26.0 Å². The minimum Gasteiger partial charge on any atom is -0.346 e. The van der Waals surface area contributed by atoms with Crippen molar-refractivity contribution in [2.24, 2.45) is 0 Å². The predicted octanol–water partition coefficient (Wildman–Crippen LogP) is 3.94. The summed E-state index contributed by atoms with van der Waals surface area (Å²) < 4.78 is 14.3. The van der Waals surface area contributed by atoms with Crippen LogP contribution in [0.2, 0.25) is 0 Å². The van der Waals surface area contributed by atoms with E-state index in [1.165, 1.54) is 12.1 Å². The molecule has 0 aliphatic carbocycles. The molecule has 0 spiro atoms. The Hall–Kier alpha value is -3.46. The molecule has 1 aliphatic heterocycles. The van der Waals surface area contributed by atoms with Crippen LogP contribution < -0.4 is 0 Å². The van der Waals surface area contributed by atoms with Crippen LogP contribution in [0.1, 0.15) is 38.9 Å². The highest BCUT2D eigenvalue weighted by Gasteiger charge is 2.32. The molecule has 1 N–H and O–H groups in total. The average molecular weight is 374 g/mol. The summed E-state index contributed by atoms with van der Waals surface area (Å²) in [6.07, 6.45) is 0. The van der Waals surface area contributed by atoms with E-state index in [9.17, 15) is 9.18 Å². The normalized spacial score (nSPS) is 13.9. The van der Waals surface area contributed by atoms with Crippen molar-refractivity contribution in [2.75, 3.05) is 13.1 Å². The highest BCUT2D eigenvalue weighted by Crippen LogP contribution is 2.30. The summed E-state index contributed by atoms with van der Waals surface area (Å²) in [6, 6.07) is 14.0. The first-order chi connectivity index (χ1) is 13.5. The van der Waals surface area contributed by atoms with Crippen LogP contribution in [0.25, 0.3) is 11.3 Å². The fraction of sp³-hybridized carbons (Fsp3) is 0.227. The molecule has 28 heavy (non-hydrogen) atoms. The van der Waals surface area contributed by atoms with Crippen LogP contribution in [0.3, 0.4) is 0 Å². The van der Waals surface area contributed by atoms with Crippen LogP contribution in [-0.4, -0.2) is 33.9 Å². The van der Waals surface area contributed by atoms with Gasteiger partial charge < -0.3 is 9.88 Å². The Morgan fingerprint density at radius 3 is 2.54 bits per heavy atom. The third-order valence-electron chi connectivity index (χ3n) is 5.15. The van der Waals surface area contributed by atoms with Gasteiger partial charge >= 0.3 is 0 Å². The number of carbonyl (C=O) groups excluding carboxylic acids is 1. The Morgan fingerprint density at radius 2 is 1.93 bits per heavy atom. The van der Waals surface area contributed by atoms with Crippen LogP contribution in [0.5, 0.6) is 0 Å². The summed E-state index contributed by atoms with van der Waals surface area (Å²) in [5, 5.41) is 8.89. The second-order valence-corrected chi connectivity index (χ2v) is 7.13. The number of H-pyrrole nitrogens is 1. The molecule has 1 fully saturated rings. The molecule has 0 saturated carbocycles. The van der Waals surface area contributed by atoms with Crippen molar-refractivity contribution in [3.63, 3.8) is 0 Å². The zero-order valence-electron chi connectivity index (χ0n) is 15.7. The fourth-order valence-electron chi connectivity index (χ4n) is 3.58. The molecule has 1 amide bonds. The summed E-state index contributed by atoms with van der Waals surface area (Å²) in [7, 11) is 0. The molecule has 1 aliphatic rings. The lowest BCUT2D eigenvalue weighted by atomic mass is 9.90. The van der Waals surface area contributed by atoms with Crippen LogP contribution in [0, 0.1) is 31.0 Å². The number of hydrogen-bond donors (Lipinski definition) is 1. The van der Waals surface area contributed by atoms with Crippen molar-refractivity contribution >= 4 is 5.91 Å². The van der Waals surface area contributed by atoms with Gasteiger partial charge in [0.25, 0.3) is 5.91 Å². The molecule has 1 saturated heterocycles. The van der Waals surface area contributed by atoms with E-state index in [1.54, 1.807) is 23.1 Å². The lowest BCUT2D eigenvalue weighted by Crippen LogP contribution is -2.48. The summed E-state index contributed by atoms with van der Waals surface area (Å²) in [4.78, 5) is 22.0. The Labute approximate surface area is 162 Å². The minimum atomic E-state index is -0.398. The number of rotatable bonds is 3. The molecule has 140 valence electrons. The first kappa shape index (κ1) is 17.9. The quantitative estimate of drug-likeness (QED) is 0.755. The van der Waals surface area contributed by atoms with E-state index < -0.39 is 5.82 Å². The maximum atomic E-state index is 14.3. The molecular formula is C22H19FN4O. The number of imidazole rings is 1. The number of aromatic amines is 1. The molecule has 2 heterocycles. The first-order valence-corrected chi connectivity index (χ1v) is 9.08. The molecule has 0 radical (unpaired) electrons. The van der Waals surface area contributed by atoms with Crippen molar-refractivity contribution in [1.29, 1.82) is 5.26 Å². The Morgan fingerprint density at radius 1 is 1.21 bits per heavy atom. The number of nitrogens with one attached hydrogen (secondary N) is 1. The average Bonchev–Trinajstić information content (AvgIpc) is 2.99. The van der Waals surface area contributed by atoms with Crippen molar-refractivity contribution in [2.45, 2.75) is 19.8 Å². The Bertz CT molecular complexity index is 1090. The van der Waals surface area contributed by atoms with Crippen LogP contribution in [-0.2, 0) is 0 Å². The van der Waals surface area contributed by atoms with E-state index in [0.29, 0.717) is 41.3 Å². The molecule has 5 nitrogen and oxygen atoms in total. The minimum absolute atomic E-state index is 0.115. The highest BCUT2D eigenvalue weighted by atomic mass is 19.1. The van der Waals surface area contributed by atoms with E-state index >= 15 is 0 Å². The molecule has 0 bridgehead atoms. The van der Waals surface area contributed by atoms with Crippen molar-refractivity contribution < 1.29 is 9.18 Å². The van der Waals surface area contributed by atoms with Crippen LogP contribution in [0.15, 0.2) is 42.5 Å². The van der Waals surface area contributed by atoms with Crippen molar-refractivity contribution in [1.82, 2.24) is 14.9 Å². The maximum absolute atomic E-state index is 14.3. The van der Waals surface area contributed by atoms with Gasteiger partial charge in [-0.3, -0.25) is 4.79 Å². The topological polar surface area (TPSA) is 72.8 Å².